The molecular weight excluding hydrogens is 240 g/mol. The number of rotatable bonds is 7. The van der Waals surface area contributed by atoms with Crippen LogP contribution in [0.15, 0.2) is 0 Å². The molecule has 5 heteroatoms. The third-order valence-electron chi connectivity index (χ3n) is 2.40. The van der Waals surface area contributed by atoms with Crippen LogP contribution in [0.1, 0.15) is 27.2 Å². The van der Waals surface area contributed by atoms with Gasteiger partial charge in [0.1, 0.15) is 0 Å². The van der Waals surface area contributed by atoms with Gasteiger partial charge in [0, 0.05) is 6.04 Å². The van der Waals surface area contributed by atoms with E-state index >= 15 is 0 Å². The number of amides is 1. The van der Waals surface area contributed by atoms with Crippen LogP contribution >= 0.6 is 24.0 Å². The Balaban J connectivity index is 4.25. The predicted molar refractivity (Wildman–Crippen MR) is 75.7 cm³/mol. The monoisotopic (exact) mass is 262 g/mol. The Bertz CT molecular complexity index is 244. The first-order chi connectivity index (χ1) is 7.40. The van der Waals surface area contributed by atoms with E-state index in [-0.39, 0.29) is 28.8 Å². The number of nitrogens with two attached hydrogens (primary N) is 1. The van der Waals surface area contributed by atoms with Crippen molar-refractivity contribution in [2.75, 3.05) is 12.0 Å². The molecule has 0 radical (unpaired) electrons. The Kier molecular flexibility index (Phi) is 7.76. The number of carbonyl (C=O) groups excluding carboxylic acids is 1. The number of carbonyl (C=O) groups is 1. The fourth-order valence-electron chi connectivity index (χ4n) is 1.46. The zero-order valence-corrected chi connectivity index (χ0v) is 12.1. The van der Waals surface area contributed by atoms with Gasteiger partial charge in [-0.3, -0.25) is 4.79 Å². The molecule has 0 fully saturated rings. The molecule has 0 aromatic rings. The van der Waals surface area contributed by atoms with E-state index in [9.17, 15) is 4.79 Å². The van der Waals surface area contributed by atoms with Crippen LogP contribution in [0.2, 0.25) is 0 Å². The number of nitrogens with one attached hydrogen (secondary N) is 1. The average Bonchev–Trinajstić information content (AvgIpc) is 2.13. The summed E-state index contributed by atoms with van der Waals surface area (Å²) >= 11 is 6.70. The molecule has 0 saturated carbocycles. The largest absolute Gasteiger partial charge is 0.393 e. The molecule has 0 aliphatic rings. The lowest BCUT2D eigenvalue weighted by Crippen LogP contribution is -2.44. The lowest BCUT2D eigenvalue weighted by Gasteiger charge is -2.21. The highest BCUT2D eigenvalue weighted by atomic mass is 32.2. The van der Waals surface area contributed by atoms with Crippen LogP contribution < -0.4 is 11.1 Å². The molecule has 0 aromatic heterocycles. The molecular formula is C11H22N2OS2. The maximum Gasteiger partial charge on any atom is 0.230 e. The second kappa shape index (κ2) is 7.90. The molecule has 94 valence electrons. The van der Waals surface area contributed by atoms with Crippen LogP contribution in [0.25, 0.3) is 0 Å². The van der Waals surface area contributed by atoms with E-state index in [2.05, 4.69) is 11.6 Å². The molecule has 16 heavy (non-hydrogen) atoms. The van der Waals surface area contributed by atoms with Crippen LogP contribution in [-0.4, -0.2) is 28.9 Å². The highest BCUT2D eigenvalue weighted by molar-refractivity contribution is 7.98. The zero-order valence-electron chi connectivity index (χ0n) is 10.4. The molecule has 0 aliphatic heterocycles. The molecule has 1 amide bonds. The van der Waals surface area contributed by atoms with Crippen LogP contribution in [0, 0.1) is 11.8 Å². The summed E-state index contributed by atoms with van der Waals surface area (Å²) in [6.45, 7) is 5.91. The van der Waals surface area contributed by atoms with Crippen molar-refractivity contribution in [1.82, 2.24) is 5.32 Å². The van der Waals surface area contributed by atoms with E-state index in [4.69, 9.17) is 18.0 Å². The predicted octanol–water partition coefficient (Wildman–Crippen LogP) is 1.80. The minimum Gasteiger partial charge on any atom is -0.393 e. The molecule has 0 aromatic carbocycles. The van der Waals surface area contributed by atoms with Gasteiger partial charge >= 0.3 is 0 Å². The lowest BCUT2D eigenvalue weighted by molar-refractivity contribution is -0.124. The van der Waals surface area contributed by atoms with E-state index in [1.807, 2.05) is 20.8 Å². The first kappa shape index (κ1) is 15.7. The van der Waals surface area contributed by atoms with Gasteiger partial charge in [-0.25, -0.2) is 0 Å². The van der Waals surface area contributed by atoms with Crippen molar-refractivity contribution in [2.24, 2.45) is 17.6 Å². The van der Waals surface area contributed by atoms with E-state index in [0.29, 0.717) is 0 Å². The summed E-state index contributed by atoms with van der Waals surface area (Å²) in [5, 5.41) is 2.96. The smallest absolute Gasteiger partial charge is 0.230 e. The van der Waals surface area contributed by atoms with Gasteiger partial charge in [0.25, 0.3) is 0 Å². The fraction of sp³-hybridized carbons (Fsp3) is 0.818. The van der Waals surface area contributed by atoms with Crippen molar-refractivity contribution in [2.45, 2.75) is 33.2 Å². The third kappa shape index (κ3) is 5.70. The first-order valence-electron chi connectivity index (χ1n) is 5.48. The highest BCUT2D eigenvalue weighted by Crippen LogP contribution is 2.12. The van der Waals surface area contributed by atoms with Crippen molar-refractivity contribution < 1.29 is 4.79 Å². The molecule has 3 N–H and O–H groups in total. The van der Waals surface area contributed by atoms with E-state index in [1.54, 1.807) is 11.8 Å². The van der Waals surface area contributed by atoms with Crippen molar-refractivity contribution in [1.29, 1.82) is 0 Å². The highest BCUT2D eigenvalue weighted by Gasteiger charge is 2.25. The summed E-state index contributed by atoms with van der Waals surface area (Å²) in [6.07, 6.45) is 3.02. The first-order valence-corrected chi connectivity index (χ1v) is 7.29. The number of thioether (sulfide) groups is 1. The van der Waals surface area contributed by atoms with E-state index < -0.39 is 0 Å². The van der Waals surface area contributed by atoms with Gasteiger partial charge in [0.2, 0.25) is 5.91 Å². The Labute approximate surface area is 108 Å². The topological polar surface area (TPSA) is 55.1 Å². The maximum atomic E-state index is 11.9. The van der Waals surface area contributed by atoms with Gasteiger partial charge < -0.3 is 11.1 Å². The maximum absolute atomic E-state index is 11.9. The van der Waals surface area contributed by atoms with Crippen molar-refractivity contribution in [3.63, 3.8) is 0 Å². The molecule has 0 bridgehead atoms. The van der Waals surface area contributed by atoms with Crippen LogP contribution in [0.3, 0.4) is 0 Å². The Morgan fingerprint density at radius 2 is 2.00 bits per heavy atom. The Hall–Kier alpha value is -0.290. The molecule has 0 heterocycles. The van der Waals surface area contributed by atoms with Gasteiger partial charge in [-0.05, 0) is 31.3 Å². The molecule has 2 unspecified atom stereocenters. The zero-order chi connectivity index (χ0) is 12.7. The molecule has 0 rings (SSSR count). The average molecular weight is 262 g/mol. The molecule has 0 spiro atoms. The van der Waals surface area contributed by atoms with Crippen LogP contribution in [-0.2, 0) is 4.79 Å². The van der Waals surface area contributed by atoms with Gasteiger partial charge in [0.05, 0.1) is 10.9 Å². The SMILES string of the molecule is CSCCC(C)NC(=O)C(C(N)=S)C(C)C. The van der Waals surface area contributed by atoms with Crippen molar-refractivity contribution in [3.8, 4) is 0 Å². The van der Waals surface area contributed by atoms with Crippen molar-refractivity contribution in [3.05, 3.63) is 0 Å². The lowest BCUT2D eigenvalue weighted by atomic mass is 9.94. The molecule has 0 saturated heterocycles. The summed E-state index contributed by atoms with van der Waals surface area (Å²) in [5.41, 5.74) is 5.58. The van der Waals surface area contributed by atoms with Crippen LogP contribution in [0.4, 0.5) is 0 Å². The van der Waals surface area contributed by atoms with Gasteiger partial charge in [0.15, 0.2) is 0 Å². The Morgan fingerprint density at radius 1 is 1.44 bits per heavy atom. The molecule has 2 atom stereocenters. The molecule has 3 nitrogen and oxygen atoms in total. The number of hydrogen-bond donors (Lipinski definition) is 2. The minimum atomic E-state index is -0.355. The number of hydrogen-bond acceptors (Lipinski definition) is 3. The normalized spacial score (nSPS) is 14.6. The van der Waals surface area contributed by atoms with E-state index in [0.717, 1.165) is 12.2 Å². The summed E-state index contributed by atoms with van der Waals surface area (Å²) in [4.78, 5) is 12.2. The Morgan fingerprint density at radius 3 is 2.38 bits per heavy atom. The van der Waals surface area contributed by atoms with Gasteiger partial charge in [-0.1, -0.05) is 26.1 Å². The van der Waals surface area contributed by atoms with Crippen molar-refractivity contribution >= 4 is 34.9 Å². The second-order valence-electron chi connectivity index (χ2n) is 4.32. The van der Waals surface area contributed by atoms with E-state index in [1.165, 1.54) is 0 Å². The standard InChI is InChI=1S/C11H22N2OS2/c1-7(2)9(10(12)15)11(14)13-8(3)5-6-16-4/h7-9H,5-6H2,1-4H3,(H2,12,15)(H,13,14). The summed E-state index contributed by atoms with van der Waals surface area (Å²) in [7, 11) is 0. The number of thiocarbonyl (C=S) groups is 1. The quantitative estimate of drug-likeness (QED) is 0.687. The van der Waals surface area contributed by atoms with Gasteiger partial charge in [-0.15, -0.1) is 0 Å². The third-order valence-corrected chi connectivity index (χ3v) is 3.30. The summed E-state index contributed by atoms with van der Waals surface area (Å²) in [5.74, 6) is 0.786. The summed E-state index contributed by atoms with van der Waals surface area (Å²) < 4.78 is 0. The van der Waals surface area contributed by atoms with Gasteiger partial charge in [-0.2, -0.15) is 11.8 Å². The minimum absolute atomic E-state index is 0.0453. The second-order valence-corrected chi connectivity index (χ2v) is 5.77. The summed E-state index contributed by atoms with van der Waals surface area (Å²) in [6, 6.07) is 0.176. The van der Waals surface area contributed by atoms with Crippen LogP contribution in [0.5, 0.6) is 0 Å². The fourth-order valence-corrected chi connectivity index (χ4v) is 2.43. The molecule has 0 aliphatic carbocycles.